The highest BCUT2D eigenvalue weighted by atomic mass is 35.5. The number of carbonyl (C=O) groups excluding carboxylic acids is 2. The van der Waals surface area contributed by atoms with Crippen LogP contribution in [0.5, 0.6) is 5.75 Å². The topological polar surface area (TPSA) is 128 Å². The molecule has 2 unspecified atom stereocenters. The summed E-state index contributed by atoms with van der Waals surface area (Å²) in [7, 11) is 0. The maximum atomic E-state index is 15.4. The van der Waals surface area contributed by atoms with E-state index in [2.05, 4.69) is 20.4 Å². The summed E-state index contributed by atoms with van der Waals surface area (Å²) in [5, 5.41) is 8.03. The molecule has 3 N–H and O–H groups in total. The summed E-state index contributed by atoms with van der Waals surface area (Å²) in [5.41, 5.74) is 8.02. The van der Waals surface area contributed by atoms with Crippen molar-refractivity contribution in [2.45, 2.75) is 71.3 Å². The zero-order valence-electron chi connectivity index (χ0n) is 20.4. The summed E-state index contributed by atoms with van der Waals surface area (Å²) in [6.45, 7) is 6.80. The molecule has 0 bridgehead atoms. The lowest BCUT2D eigenvalue weighted by atomic mass is 9.84. The second kappa shape index (κ2) is 8.88. The van der Waals surface area contributed by atoms with Crippen LogP contribution in [-0.4, -0.2) is 54.7 Å². The molecule has 3 heterocycles. The van der Waals surface area contributed by atoms with E-state index in [0.717, 1.165) is 0 Å². The van der Waals surface area contributed by atoms with E-state index in [1.807, 2.05) is 13.8 Å². The molecule has 0 spiro atoms. The molecule has 0 saturated heterocycles. The number of hydrogen-bond donors (Lipinski definition) is 2. The highest BCUT2D eigenvalue weighted by molar-refractivity contribution is 6.31. The fourth-order valence-electron chi connectivity index (χ4n) is 5.11. The molecule has 3 aromatic rings. The van der Waals surface area contributed by atoms with Crippen molar-refractivity contribution >= 4 is 40.3 Å². The lowest BCUT2D eigenvalue weighted by molar-refractivity contribution is -0.142. The van der Waals surface area contributed by atoms with Crippen LogP contribution in [0.4, 0.5) is 10.2 Å². The highest BCUT2D eigenvalue weighted by Crippen LogP contribution is 2.42. The molecule has 2 aliphatic rings. The fraction of sp³-hybridized carbons (Fsp3) is 0.458. The van der Waals surface area contributed by atoms with E-state index >= 15 is 4.39 Å². The van der Waals surface area contributed by atoms with Crippen LogP contribution in [0.15, 0.2) is 12.4 Å². The number of amides is 2. The maximum absolute atomic E-state index is 15.4. The molecule has 2 aromatic heterocycles. The molecular weight excluding hydrogens is 489 g/mol. The monoisotopic (exact) mass is 515 g/mol. The molecule has 2 amide bonds. The summed E-state index contributed by atoms with van der Waals surface area (Å²) in [6.07, 6.45) is 1.71. The van der Waals surface area contributed by atoms with Gasteiger partial charge in [-0.15, -0.1) is 0 Å². The predicted octanol–water partition coefficient (Wildman–Crippen LogP) is 2.90. The highest BCUT2D eigenvalue weighted by Gasteiger charge is 2.41. The Morgan fingerprint density at radius 1 is 1.36 bits per heavy atom. The van der Waals surface area contributed by atoms with E-state index in [0.29, 0.717) is 41.0 Å². The van der Waals surface area contributed by atoms with Crippen LogP contribution in [0.25, 0.3) is 11.0 Å². The van der Waals surface area contributed by atoms with Crippen molar-refractivity contribution in [2.75, 3.05) is 5.73 Å². The average molecular weight is 516 g/mol. The first-order valence-corrected chi connectivity index (χ1v) is 12.1. The van der Waals surface area contributed by atoms with Crippen molar-refractivity contribution in [3.8, 4) is 5.75 Å². The quantitative estimate of drug-likeness (QED) is 0.546. The van der Waals surface area contributed by atoms with Gasteiger partial charge in [-0.3, -0.25) is 9.59 Å². The first kappa shape index (κ1) is 24.2. The van der Waals surface area contributed by atoms with Gasteiger partial charge in [0.2, 0.25) is 5.91 Å². The van der Waals surface area contributed by atoms with Gasteiger partial charge in [0.15, 0.2) is 17.6 Å². The van der Waals surface area contributed by atoms with Gasteiger partial charge in [0.05, 0.1) is 34.3 Å². The second-order valence-corrected chi connectivity index (χ2v) is 9.89. The SMILES string of the molecule is CC(=O)NC1CC(N2Cc3c(F)c(Cl)cc(C(C)n4nc(C)c5c(N)ncnc54)c3OC(C)C2=O)C1. The first-order chi connectivity index (χ1) is 17.1. The van der Waals surface area contributed by atoms with E-state index in [1.54, 1.807) is 16.5 Å². The number of nitrogens with zero attached hydrogens (tertiary/aromatic N) is 5. The van der Waals surface area contributed by atoms with Gasteiger partial charge in [-0.25, -0.2) is 19.0 Å². The normalized spacial score (nSPS) is 22.4. The Morgan fingerprint density at radius 2 is 2.08 bits per heavy atom. The number of ether oxygens (including phenoxy) is 1. The Labute approximate surface area is 212 Å². The molecule has 10 nitrogen and oxygen atoms in total. The van der Waals surface area contributed by atoms with E-state index in [-0.39, 0.29) is 46.8 Å². The molecule has 0 radical (unpaired) electrons. The minimum absolute atomic E-state index is 0.00944. The second-order valence-electron chi connectivity index (χ2n) is 9.48. The number of nitrogen functional groups attached to an aromatic ring is 1. The number of fused-ring (bicyclic) bond motifs is 2. The smallest absolute Gasteiger partial charge is 0.263 e. The molecule has 1 fully saturated rings. The van der Waals surface area contributed by atoms with Gasteiger partial charge in [0, 0.05) is 24.6 Å². The number of anilines is 1. The van der Waals surface area contributed by atoms with Crippen LogP contribution in [-0.2, 0) is 16.1 Å². The third kappa shape index (κ3) is 3.91. The molecular formula is C24H27ClFN7O3. The predicted molar refractivity (Wildman–Crippen MR) is 131 cm³/mol. The molecule has 1 saturated carbocycles. The van der Waals surface area contributed by atoms with Gasteiger partial charge in [-0.05, 0) is 39.7 Å². The lowest BCUT2D eigenvalue weighted by Gasteiger charge is -2.43. The minimum Gasteiger partial charge on any atom is -0.480 e. The Kier molecular flexibility index (Phi) is 5.98. The number of aryl methyl sites for hydroxylation is 1. The number of carbonyl (C=O) groups is 2. The van der Waals surface area contributed by atoms with Crippen LogP contribution < -0.4 is 15.8 Å². The molecule has 1 aliphatic heterocycles. The van der Waals surface area contributed by atoms with Crippen molar-refractivity contribution in [3.05, 3.63) is 40.1 Å². The number of aromatic nitrogens is 4. The molecule has 1 aliphatic carbocycles. The number of benzene rings is 1. The Hall–Kier alpha value is -3.47. The summed E-state index contributed by atoms with van der Waals surface area (Å²) < 4.78 is 23.2. The summed E-state index contributed by atoms with van der Waals surface area (Å²) in [4.78, 5) is 34.7. The Bertz CT molecular complexity index is 1390. The average Bonchev–Trinajstić information content (AvgIpc) is 3.08. The van der Waals surface area contributed by atoms with Crippen molar-refractivity contribution in [3.63, 3.8) is 0 Å². The fourth-order valence-corrected chi connectivity index (χ4v) is 5.34. The van der Waals surface area contributed by atoms with Crippen LogP contribution in [0.3, 0.4) is 0 Å². The minimum atomic E-state index is -0.841. The van der Waals surface area contributed by atoms with E-state index in [1.165, 1.54) is 19.3 Å². The van der Waals surface area contributed by atoms with E-state index in [9.17, 15) is 9.59 Å². The summed E-state index contributed by atoms with van der Waals surface area (Å²) >= 11 is 6.36. The van der Waals surface area contributed by atoms with Crippen LogP contribution >= 0.6 is 11.6 Å². The van der Waals surface area contributed by atoms with Gasteiger partial charge in [0.1, 0.15) is 17.9 Å². The lowest BCUT2D eigenvalue weighted by Crippen LogP contribution is -2.56. The third-order valence-electron chi connectivity index (χ3n) is 7.02. The van der Waals surface area contributed by atoms with Gasteiger partial charge in [0.25, 0.3) is 5.91 Å². The zero-order valence-corrected chi connectivity index (χ0v) is 21.1. The van der Waals surface area contributed by atoms with E-state index in [4.69, 9.17) is 22.1 Å². The molecule has 1 aromatic carbocycles. The van der Waals surface area contributed by atoms with Gasteiger partial charge >= 0.3 is 0 Å². The number of halogens is 2. The van der Waals surface area contributed by atoms with Crippen molar-refractivity contribution < 1.29 is 18.7 Å². The maximum Gasteiger partial charge on any atom is 0.263 e. The number of nitrogens with one attached hydrogen (secondary N) is 1. The molecule has 5 rings (SSSR count). The van der Waals surface area contributed by atoms with Crippen LogP contribution in [0.1, 0.15) is 56.5 Å². The van der Waals surface area contributed by atoms with Crippen molar-refractivity contribution in [1.29, 1.82) is 0 Å². The summed E-state index contributed by atoms with van der Waals surface area (Å²) in [5.74, 6) is -0.398. The Morgan fingerprint density at radius 3 is 2.78 bits per heavy atom. The zero-order chi connectivity index (χ0) is 25.9. The van der Waals surface area contributed by atoms with Crippen LogP contribution in [0, 0.1) is 12.7 Å². The first-order valence-electron chi connectivity index (χ1n) is 11.8. The van der Waals surface area contributed by atoms with Gasteiger partial charge in [-0.2, -0.15) is 5.10 Å². The summed E-state index contributed by atoms with van der Waals surface area (Å²) in [6, 6.07) is 0.897. The molecule has 190 valence electrons. The largest absolute Gasteiger partial charge is 0.480 e. The van der Waals surface area contributed by atoms with Crippen molar-refractivity contribution in [2.24, 2.45) is 0 Å². The number of nitrogens with two attached hydrogens (primary N) is 1. The van der Waals surface area contributed by atoms with E-state index < -0.39 is 18.0 Å². The molecule has 2 atom stereocenters. The number of rotatable bonds is 4. The van der Waals surface area contributed by atoms with Crippen LogP contribution in [0.2, 0.25) is 5.02 Å². The third-order valence-corrected chi connectivity index (χ3v) is 7.29. The standard InChI is InChI=1S/C24H27ClFN7O3/c1-10-19-22(27)28-9-29-23(19)33(31-10)11(2)16-7-18(25)20(26)17-8-32(24(35)12(3)36-21(16)17)15-5-14(6-15)30-13(4)34/h7,9,11-12,14-15H,5-6,8H2,1-4H3,(H,30,34)(H2,27,28,29). The van der Waals surface area contributed by atoms with Crippen molar-refractivity contribution in [1.82, 2.24) is 30.0 Å². The number of hydrogen-bond acceptors (Lipinski definition) is 7. The van der Waals surface area contributed by atoms with Gasteiger partial charge < -0.3 is 20.7 Å². The molecule has 12 heteroatoms. The molecule has 36 heavy (non-hydrogen) atoms. The van der Waals surface area contributed by atoms with Gasteiger partial charge in [-0.1, -0.05) is 11.6 Å². The Balaban J connectivity index is 1.55.